The van der Waals surface area contributed by atoms with Gasteiger partial charge in [0.2, 0.25) is 5.91 Å². The van der Waals surface area contributed by atoms with Crippen LogP contribution in [0.15, 0.2) is 28.7 Å². The summed E-state index contributed by atoms with van der Waals surface area (Å²) in [6, 6.07) is 8.23. The zero-order valence-electron chi connectivity index (χ0n) is 9.53. The van der Waals surface area contributed by atoms with Crippen LogP contribution in [0.1, 0.15) is 12.0 Å². The van der Waals surface area contributed by atoms with E-state index in [2.05, 4.69) is 28.1 Å². The first kappa shape index (κ1) is 12.9. The van der Waals surface area contributed by atoms with E-state index in [1.807, 2.05) is 17.0 Å². The standard InChI is InChI=1S/C13H15BrClNO/c14-12-3-1-10(2-4-12)5-6-16-9-11(8-15)7-13(16)17/h1-4,11H,5-9H2. The van der Waals surface area contributed by atoms with E-state index in [4.69, 9.17) is 11.6 Å². The molecule has 2 rings (SSSR count). The number of benzene rings is 1. The number of amides is 1. The average molecular weight is 317 g/mol. The lowest BCUT2D eigenvalue weighted by Crippen LogP contribution is -2.27. The average Bonchev–Trinajstić information content (AvgIpc) is 2.69. The van der Waals surface area contributed by atoms with E-state index in [0.29, 0.717) is 18.2 Å². The number of carbonyl (C=O) groups excluding carboxylic acids is 1. The molecule has 92 valence electrons. The minimum absolute atomic E-state index is 0.243. The van der Waals surface area contributed by atoms with Gasteiger partial charge in [0.25, 0.3) is 0 Å². The van der Waals surface area contributed by atoms with Gasteiger partial charge in [-0.3, -0.25) is 4.79 Å². The normalized spacial score (nSPS) is 20.0. The van der Waals surface area contributed by atoms with Crippen LogP contribution in [-0.4, -0.2) is 29.8 Å². The molecular formula is C13H15BrClNO. The lowest BCUT2D eigenvalue weighted by Gasteiger charge is -2.16. The maximum atomic E-state index is 11.7. The number of halogens is 2. The van der Waals surface area contributed by atoms with Crippen LogP contribution in [0.25, 0.3) is 0 Å². The molecule has 4 heteroatoms. The number of carbonyl (C=O) groups is 1. The van der Waals surface area contributed by atoms with Crippen molar-refractivity contribution in [2.75, 3.05) is 19.0 Å². The number of alkyl halides is 1. The summed E-state index contributed by atoms with van der Waals surface area (Å²) in [5.74, 6) is 1.17. The Morgan fingerprint density at radius 2 is 2.06 bits per heavy atom. The summed E-state index contributed by atoms with van der Waals surface area (Å²) < 4.78 is 1.08. The molecule has 0 spiro atoms. The molecule has 1 aromatic rings. The molecule has 0 saturated carbocycles. The van der Waals surface area contributed by atoms with Crippen LogP contribution in [0.4, 0.5) is 0 Å². The maximum Gasteiger partial charge on any atom is 0.222 e. The van der Waals surface area contributed by atoms with Gasteiger partial charge >= 0.3 is 0 Å². The van der Waals surface area contributed by atoms with E-state index >= 15 is 0 Å². The van der Waals surface area contributed by atoms with Crippen molar-refractivity contribution in [1.82, 2.24) is 4.90 Å². The second-order valence-electron chi connectivity index (χ2n) is 4.44. The van der Waals surface area contributed by atoms with E-state index in [0.717, 1.165) is 24.0 Å². The van der Waals surface area contributed by atoms with E-state index in [9.17, 15) is 4.79 Å². The fourth-order valence-corrected chi connectivity index (χ4v) is 2.56. The van der Waals surface area contributed by atoms with Crippen molar-refractivity contribution in [2.24, 2.45) is 5.92 Å². The van der Waals surface area contributed by atoms with Gasteiger partial charge in [-0.05, 0) is 30.0 Å². The molecule has 1 unspecified atom stereocenters. The Hall–Kier alpha value is -0.540. The van der Waals surface area contributed by atoms with Crippen molar-refractivity contribution in [3.8, 4) is 0 Å². The summed E-state index contributed by atoms with van der Waals surface area (Å²) in [6.45, 7) is 1.62. The predicted octanol–water partition coefficient (Wildman–Crippen LogP) is 3.08. The van der Waals surface area contributed by atoms with Crippen LogP contribution < -0.4 is 0 Å². The SMILES string of the molecule is O=C1CC(CCl)CN1CCc1ccc(Br)cc1. The van der Waals surface area contributed by atoms with Gasteiger partial charge < -0.3 is 4.90 Å². The second-order valence-corrected chi connectivity index (χ2v) is 5.66. The van der Waals surface area contributed by atoms with Crippen LogP contribution in [-0.2, 0) is 11.2 Å². The number of likely N-dealkylation sites (tertiary alicyclic amines) is 1. The van der Waals surface area contributed by atoms with E-state index in [-0.39, 0.29) is 5.91 Å². The van der Waals surface area contributed by atoms with Crippen LogP contribution in [0.3, 0.4) is 0 Å². The van der Waals surface area contributed by atoms with Crippen LogP contribution in [0.2, 0.25) is 0 Å². The summed E-state index contributed by atoms with van der Waals surface area (Å²) in [5, 5.41) is 0. The quantitative estimate of drug-likeness (QED) is 0.782. The van der Waals surface area contributed by atoms with Crippen molar-refractivity contribution in [3.63, 3.8) is 0 Å². The zero-order chi connectivity index (χ0) is 12.3. The Balaban J connectivity index is 1.86. The summed E-state index contributed by atoms with van der Waals surface area (Å²) >= 11 is 9.20. The van der Waals surface area contributed by atoms with Gasteiger partial charge in [0.1, 0.15) is 0 Å². The molecule has 0 bridgehead atoms. The first-order chi connectivity index (χ1) is 8.19. The van der Waals surface area contributed by atoms with Gasteiger partial charge in [0, 0.05) is 29.9 Å². The van der Waals surface area contributed by atoms with Gasteiger partial charge in [-0.2, -0.15) is 0 Å². The van der Waals surface area contributed by atoms with Crippen LogP contribution in [0, 0.1) is 5.92 Å². The summed E-state index contributed by atoms with van der Waals surface area (Å²) in [4.78, 5) is 13.6. The Morgan fingerprint density at radius 1 is 1.35 bits per heavy atom. The molecule has 0 radical (unpaired) electrons. The maximum absolute atomic E-state index is 11.7. The fourth-order valence-electron chi connectivity index (χ4n) is 2.09. The van der Waals surface area contributed by atoms with Crippen molar-refractivity contribution in [2.45, 2.75) is 12.8 Å². The molecule has 17 heavy (non-hydrogen) atoms. The van der Waals surface area contributed by atoms with Crippen LogP contribution in [0.5, 0.6) is 0 Å². The molecule has 1 aliphatic heterocycles. The predicted molar refractivity (Wildman–Crippen MR) is 73.3 cm³/mol. The van der Waals surface area contributed by atoms with Gasteiger partial charge in [-0.1, -0.05) is 28.1 Å². The summed E-state index contributed by atoms with van der Waals surface area (Å²) in [6.07, 6.45) is 1.53. The Morgan fingerprint density at radius 3 is 2.65 bits per heavy atom. The molecule has 0 aliphatic carbocycles. The van der Waals surface area contributed by atoms with Gasteiger partial charge in [-0.15, -0.1) is 11.6 Å². The highest BCUT2D eigenvalue weighted by atomic mass is 79.9. The number of hydrogen-bond acceptors (Lipinski definition) is 1. The first-order valence-electron chi connectivity index (χ1n) is 5.77. The number of hydrogen-bond donors (Lipinski definition) is 0. The third-order valence-electron chi connectivity index (χ3n) is 3.10. The number of nitrogens with zero attached hydrogens (tertiary/aromatic N) is 1. The fraction of sp³-hybridized carbons (Fsp3) is 0.462. The van der Waals surface area contributed by atoms with E-state index in [1.165, 1.54) is 5.56 Å². The van der Waals surface area contributed by atoms with Crippen LogP contribution >= 0.6 is 27.5 Å². The lowest BCUT2D eigenvalue weighted by atomic mass is 10.1. The first-order valence-corrected chi connectivity index (χ1v) is 7.10. The molecule has 1 fully saturated rings. The number of rotatable bonds is 4. The Bertz CT molecular complexity index is 393. The molecule has 1 amide bonds. The van der Waals surface area contributed by atoms with Crippen molar-refractivity contribution >= 4 is 33.4 Å². The topological polar surface area (TPSA) is 20.3 Å². The zero-order valence-corrected chi connectivity index (χ0v) is 11.9. The Labute approximate surface area is 115 Å². The highest BCUT2D eigenvalue weighted by Crippen LogP contribution is 2.19. The van der Waals surface area contributed by atoms with E-state index in [1.54, 1.807) is 0 Å². The summed E-state index contributed by atoms with van der Waals surface area (Å²) in [7, 11) is 0. The second kappa shape index (κ2) is 5.87. The van der Waals surface area contributed by atoms with Gasteiger partial charge in [0.05, 0.1) is 0 Å². The van der Waals surface area contributed by atoms with Crippen molar-refractivity contribution in [3.05, 3.63) is 34.3 Å². The smallest absolute Gasteiger partial charge is 0.222 e. The van der Waals surface area contributed by atoms with Gasteiger partial charge in [-0.25, -0.2) is 0 Å². The van der Waals surface area contributed by atoms with Gasteiger partial charge in [0.15, 0.2) is 0 Å². The molecule has 0 N–H and O–H groups in total. The minimum atomic E-state index is 0.243. The minimum Gasteiger partial charge on any atom is -0.342 e. The van der Waals surface area contributed by atoms with E-state index < -0.39 is 0 Å². The third kappa shape index (κ3) is 3.46. The molecular weight excluding hydrogens is 302 g/mol. The molecule has 1 saturated heterocycles. The molecule has 1 aliphatic rings. The highest BCUT2D eigenvalue weighted by molar-refractivity contribution is 9.10. The third-order valence-corrected chi connectivity index (χ3v) is 4.06. The lowest BCUT2D eigenvalue weighted by molar-refractivity contribution is -0.127. The monoisotopic (exact) mass is 315 g/mol. The largest absolute Gasteiger partial charge is 0.342 e. The summed E-state index contributed by atoms with van der Waals surface area (Å²) in [5.41, 5.74) is 1.26. The molecule has 0 aromatic heterocycles. The van der Waals surface area contributed by atoms with Crippen molar-refractivity contribution in [1.29, 1.82) is 0 Å². The molecule has 2 nitrogen and oxygen atoms in total. The molecule has 1 aromatic carbocycles. The van der Waals surface area contributed by atoms with Crippen molar-refractivity contribution < 1.29 is 4.79 Å². The molecule has 1 atom stereocenters. The Kier molecular flexibility index (Phi) is 4.46. The molecule has 1 heterocycles. The highest BCUT2D eigenvalue weighted by Gasteiger charge is 2.28.